The monoisotopic (exact) mass is 650 g/mol. The van der Waals surface area contributed by atoms with E-state index in [2.05, 4.69) is 4.99 Å². The Morgan fingerprint density at radius 1 is 0.674 bits per heavy atom. The van der Waals surface area contributed by atoms with Gasteiger partial charge in [0.1, 0.15) is 36.6 Å². The maximum Gasteiger partial charge on any atom is 0.110 e. The van der Waals surface area contributed by atoms with Crippen LogP contribution in [0.1, 0.15) is 37.3 Å². The summed E-state index contributed by atoms with van der Waals surface area (Å²) in [6.07, 6.45) is -8.71. The molecule has 2 aromatic rings. The van der Waals surface area contributed by atoms with Gasteiger partial charge >= 0.3 is 0 Å². The molecule has 244 valence electrons. The second-order valence-corrected chi connectivity index (χ2v) is 10.3. The van der Waals surface area contributed by atoms with Gasteiger partial charge in [-0.25, -0.2) is 0 Å². The van der Waals surface area contributed by atoms with E-state index in [4.69, 9.17) is 15.2 Å². The molecule has 0 aliphatic rings. The molecule has 10 N–H and O–H groups in total. The zero-order valence-corrected chi connectivity index (χ0v) is 24.9. The zero-order chi connectivity index (χ0) is 31.2. The largest absolute Gasteiger partial charge is 0.394 e. The topological polar surface area (TPSA) is 227 Å². The van der Waals surface area contributed by atoms with E-state index in [0.29, 0.717) is 34.6 Å². The molecule has 0 heterocycles. The first-order valence-electron chi connectivity index (χ1n) is 14.0. The van der Waals surface area contributed by atoms with Gasteiger partial charge in [0.2, 0.25) is 0 Å². The number of benzene rings is 2. The number of hydrogen-bond donors (Lipinski definition) is 10. The number of aliphatic imine (C=N–C) groups is 2. The Morgan fingerprint density at radius 3 is 1.58 bits per heavy atom. The van der Waals surface area contributed by atoms with Crippen molar-refractivity contribution in [1.82, 2.24) is 0 Å². The summed E-state index contributed by atoms with van der Waals surface area (Å²) in [6.45, 7) is 0.532. The number of hydrogen-bond acceptors (Lipinski definition) is 12. The number of aliphatic hydroxyl groups excluding tert-OH is 10. The molecular formula is C30H44N2NiO10. The van der Waals surface area contributed by atoms with Crippen molar-refractivity contribution in [1.29, 1.82) is 0 Å². The molecule has 2 aromatic carbocycles. The molecule has 8 unspecified atom stereocenters. The molecule has 0 saturated carbocycles. The van der Waals surface area contributed by atoms with Crippen LogP contribution in [0.4, 0.5) is 11.4 Å². The van der Waals surface area contributed by atoms with E-state index in [1.54, 1.807) is 54.7 Å². The Kier molecular flexibility index (Phi) is 18.1. The third kappa shape index (κ3) is 12.8. The summed E-state index contributed by atoms with van der Waals surface area (Å²) < 4.78 is 0. The van der Waals surface area contributed by atoms with Crippen molar-refractivity contribution in [2.75, 3.05) is 13.2 Å². The van der Waals surface area contributed by atoms with Gasteiger partial charge in [-0.3, -0.25) is 9.98 Å². The van der Waals surface area contributed by atoms with Gasteiger partial charge in [-0.05, 0) is 48.2 Å². The van der Waals surface area contributed by atoms with Gasteiger partial charge in [0.25, 0.3) is 0 Å². The molecule has 8 atom stereocenters. The summed E-state index contributed by atoms with van der Waals surface area (Å²) >= 11 is 0. The van der Waals surface area contributed by atoms with Gasteiger partial charge in [-0.15, -0.1) is 0 Å². The third-order valence-corrected chi connectivity index (χ3v) is 6.78. The van der Waals surface area contributed by atoms with E-state index in [0.717, 1.165) is 12.8 Å². The second kappa shape index (κ2) is 20.0. The molecule has 0 radical (unpaired) electrons. The molecule has 0 spiro atoms. The Morgan fingerprint density at radius 2 is 1.12 bits per heavy atom. The van der Waals surface area contributed by atoms with Gasteiger partial charge in [-0.2, -0.15) is 0 Å². The first kappa shape index (κ1) is 38.9. The fourth-order valence-electron chi connectivity index (χ4n) is 4.19. The Labute approximate surface area is 261 Å². The van der Waals surface area contributed by atoms with Crippen molar-refractivity contribution in [3.05, 3.63) is 59.7 Å². The van der Waals surface area contributed by atoms with Gasteiger partial charge in [-0.1, -0.05) is 37.6 Å². The molecule has 13 heteroatoms. The van der Waals surface area contributed by atoms with Crippen LogP contribution < -0.4 is 0 Å². The number of rotatable bonds is 18. The van der Waals surface area contributed by atoms with Crippen molar-refractivity contribution >= 4 is 23.3 Å². The number of unbranched alkanes of at least 4 members (excludes halogenated alkanes) is 1. The van der Waals surface area contributed by atoms with E-state index in [1.165, 1.54) is 0 Å². The van der Waals surface area contributed by atoms with Crippen LogP contribution >= 0.6 is 0 Å². The van der Waals surface area contributed by atoms with Gasteiger partial charge in [0.15, 0.2) is 0 Å². The fraction of sp³-hybridized carbons (Fsp3) is 0.533. The minimum atomic E-state index is -1.71. The van der Waals surface area contributed by atoms with E-state index < -0.39 is 62.0 Å². The van der Waals surface area contributed by atoms with Crippen LogP contribution in [-0.2, 0) is 29.3 Å². The van der Waals surface area contributed by atoms with Crippen LogP contribution in [0, 0.1) is 0 Å². The molecule has 0 amide bonds. The van der Waals surface area contributed by atoms with Gasteiger partial charge < -0.3 is 51.1 Å². The first-order chi connectivity index (χ1) is 20.0. The molecule has 43 heavy (non-hydrogen) atoms. The van der Waals surface area contributed by atoms with E-state index in [-0.39, 0.29) is 29.3 Å². The molecule has 2 rings (SSSR count). The number of aliphatic hydroxyl groups is 10. The van der Waals surface area contributed by atoms with E-state index in [1.807, 2.05) is 6.92 Å². The molecular weight excluding hydrogens is 607 g/mol. The van der Waals surface area contributed by atoms with Crippen molar-refractivity contribution in [2.45, 2.75) is 87.9 Å². The van der Waals surface area contributed by atoms with Crippen LogP contribution in [0.25, 0.3) is 0 Å². The van der Waals surface area contributed by atoms with Crippen LogP contribution in [0.2, 0.25) is 0 Å². The summed E-state index contributed by atoms with van der Waals surface area (Å²) in [5.74, 6) is 0. The quantitative estimate of drug-likeness (QED) is 0.0721. The predicted octanol–water partition coefficient (Wildman–Crippen LogP) is -0.694. The van der Waals surface area contributed by atoms with E-state index >= 15 is 0 Å². The third-order valence-electron chi connectivity index (χ3n) is 6.78. The summed E-state index contributed by atoms with van der Waals surface area (Å²) in [5.41, 5.74) is 3.07. The predicted molar refractivity (Wildman–Crippen MR) is 157 cm³/mol. The first-order valence-corrected chi connectivity index (χ1v) is 14.0. The number of nitrogens with zero attached hydrogens (tertiary/aromatic N) is 2. The average Bonchev–Trinajstić information content (AvgIpc) is 3.00. The maximum atomic E-state index is 10.3. The molecule has 0 fully saturated rings. The Hall–Kier alpha value is -2.13. The SMILES string of the molecule is CCCCC(C=Nc1cccc(CC(O)C(O)C(O)C(O)CO)c1)=Nc1cccc(CC(O)C(O)C(O)C(O)CO)c1.[Ni]. The van der Waals surface area contributed by atoms with Gasteiger partial charge in [0, 0.05) is 35.5 Å². The molecule has 0 aliphatic carbocycles. The summed E-state index contributed by atoms with van der Waals surface area (Å²) in [6, 6.07) is 13.9. The van der Waals surface area contributed by atoms with Gasteiger partial charge in [0.05, 0.1) is 42.5 Å². The van der Waals surface area contributed by atoms with Crippen LogP contribution in [0.5, 0.6) is 0 Å². The standard InChI is InChI=1S/C30H44N2O10.Ni/c1-2-3-8-22(32-21-10-5-7-19(12-21)14-24(36)28(40)30(42)26(38)17-34)15-31-20-9-4-6-18(11-20)13-23(35)27(39)29(41)25(37)16-33;/h4-7,9-12,15,23-30,33-42H,2-3,8,13-14,16-17H2,1H3;. The average molecular weight is 651 g/mol. The van der Waals surface area contributed by atoms with Crippen molar-refractivity contribution in [3.8, 4) is 0 Å². The maximum absolute atomic E-state index is 10.3. The molecule has 12 nitrogen and oxygen atoms in total. The van der Waals surface area contributed by atoms with Crippen molar-refractivity contribution in [2.24, 2.45) is 9.98 Å². The Bertz CT molecular complexity index is 1140. The zero-order valence-electron chi connectivity index (χ0n) is 23.9. The minimum Gasteiger partial charge on any atom is -0.394 e. The smallest absolute Gasteiger partial charge is 0.110 e. The molecule has 0 aliphatic heterocycles. The normalized spacial score (nSPS) is 17.9. The fourth-order valence-corrected chi connectivity index (χ4v) is 4.19. The molecule has 0 bridgehead atoms. The molecule has 0 saturated heterocycles. The van der Waals surface area contributed by atoms with Crippen LogP contribution in [0.3, 0.4) is 0 Å². The van der Waals surface area contributed by atoms with Crippen molar-refractivity contribution in [3.63, 3.8) is 0 Å². The summed E-state index contributed by atoms with van der Waals surface area (Å²) in [4.78, 5) is 9.21. The molecule has 0 aromatic heterocycles. The van der Waals surface area contributed by atoms with Crippen LogP contribution in [-0.4, -0.2) is 125 Å². The van der Waals surface area contributed by atoms with E-state index in [9.17, 15) is 40.9 Å². The van der Waals surface area contributed by atoms with Crippen LogP contribution in [0.15, 0.2) is 58.5 Å². The van der Waals surface area contributed by atoms with Crippen molar-refractivity contribution < 1.29 is 67.6 Å². The summed E-state index contributed by atoms with van der Waals surface area (Å²) in [7, 11) is 0. The second-order valence-electron chi connectivity index (χ2n) is 10.3. The summed E-state index contributed by atoms with van der Waals surface area (Å²) in [5, 5.41) is 97.5. The Balaban J connectivity index is 0.00000924. The minimum absolute atomic E-state index is 0.